The highest BCUT2D eigenvalue weighted by atomic mass is 16.7. The molecule has 0 bridgehead atoms. The zero-order valence-electron chi connectivity index (χ0n) is 30.1. The Morgan fingerprint density at radius 2 is 1.37 bits per heavy atom. The summed E-state index contributed by atoms with van der Waals surface area (Å²) in [6.07, 6.45) is -4.84. The van der Waals surface area contributed by atoms with Gasteiger partial charge in [-0.05, 0) is 36.1 Å². The molecule has 2 heterocycles. The fourth-order valence-electron chi connectivity index (χ4n) is 5.85. The second kappa shape index (κ2) is 18.0. The standard InChI is InChI=1S/C39H40N2O13/c1-22(42)47-21-32-34(50-23(2)43)35(51-24(3)44)36(52-25(4)45)38(54-32)53-31-12-8-11-30-33(31)29(20-48-30)18-15-26-13-16-28(17-14-26)37(40)41-39(46)49-19-27-9-6-5-7-10-27/h5-14,16-17,20,32,34-36,38H,15,18-19,21H2,1-4H3,(H2,40,41,46)/t32-,34-,35+,36-,38-/m1/s1. The quantitative estimate of drug-likeness (QED) is 0.0853. The summed E-state index contributed by atoms with van der Waals surface area (Å²) >= 11 is 0. The number of esters is 4. The van der Waals surface area contributed by atoms with Gasteiger partial charge in [-0.3, -0.25) is 19.2 Å². The highest BCUT2D eigenvalue weighted by molar-refractivity contribution is 6.02. The Morgan fingerprint density at radius 3 is 2.04 bits per heavy atom. The number of amidine groups is 1. The zero-order valence-corrected chi connectivity index (χ0v) is 30.1. The van der Waals surface area contributed by atoms with Crippen molar-refractivity contribution in [2.75, 3.05) is 6.61 Å². The third kappa shape index (κ3) is 10.4. The molecule has 4 aromatic rings. The first kappa shape index (κ1) is 39.0. The van der Waals surface area contributed by atoms with Crippen LogP contribution in [0.3, 0.4) is 0 Å². The van der Waals surface area contributed by atoms with Crippen molar-refractivity contribution in [3.8, 4) is 5.75 Å². The topological polar surface area (TPSA) is 201 Å². The lowest BCUT2D eigenvalue weighted by Crippen LogP contribution is -2.63. The van der Waals surface area contributed by atoms with Crippen LogP contribution in [-0.4, -0.2) is 73.1 Å². The molecule has 1 aliphatic rings. The van der Waals surface area contributed by atoms with E-state index in [-0.39, 0.29) is 18.2 Å². The predicted molar refractivity (Wildman–Crippen MR) is 190 cm³/mol. The third-order valence-corrected chi connectivity index (χ3v) is 8.18. The third-order valence-electron chi connectivity index (χ3n) is 8.18. The molecule has 5 atom stereocenters. The maximum absolute atomic E-state index is 12.3. The van der Waals surface area contributed by atoms with E-state index in [0.717, 1.165) is 37.5 Å². The van der Waals surface area contributed by atoms with Crippen molar-refractivity contribution in [1.82, 2.24) is 0 Å². The van der Waals surface area contributed by atoms with Crippen LogP contribution in [0.25, 0.3) is 11.0 Å². The number of nitrogens with zero attached hydrogens (tertiary/aromatic N) is 1. The zero-order chi connectivity index (χ0) is 38.8. The lowest BCUT2D eigenvalue weighted by Gasteiger charge is -2.44. The number of carbonyl (C=O) groups excluding carboxylic acids is 5. The molecular formula is C39H40N2O13. The minimum atomic E-state index is -1.42. The van der Waals surface area contributed by atoms with Crippen molar-refractivity contribution in [1.29, 1.82) is 0 Å². The lowest BCUT2D eigenvalue weighted by molar-refractivity contribution is -0.288. The first-order valence-corrected chi connectivity index (χ1v) is 17.0. The van der Waals surface area contributed by atoms with E-state index in [2.05, 4.69) is 4.99 Å². The molecule has 0 saturated carbocycles. The summed E-state index contributed by atoms with van der Waals surface area (Å²) in [7, 11) is 0. The number of aryl methyl sites for hydroxylation is 2. The van der Waals surface area contributed by atoms with Gasteiger partial charge in [-0.2, -0.15) is 4.99 Å². The van der Waals surface area contributed by atoms with E-state index in [9.17, 15) is 24.0 Å². The summed E-state index contributed by atoms with van der Waals surface area (Å²) in [5.41, 5.74) is 9.67. The highest BCUT2D eigenvalue weighted by Crippen LogP contribution is 2.36. The molecule has 5 rings (SSSR count). The van der Waals surface area contributed by atoms with Crippen LogP contribution in [0.5, 0.6) is 5.75 Å². The Balaban J connectivity index is 1.34. The van der Waals surface area contributed by atoms with Crippen molar-refractivity contribution in [3.63, 3.8) is 0 Å². The first-order chi connectivity index (χ1) is 25.9. The van der Waals surface area contributed by atoms with Crippen LogP contribution in [0.15, 0.2) is 88.5 Å². The van der Waals surface area contributed by atoms with Gasteiger partial charge in [0.25, 0.3) is 0 Å². The first-order valence-electron chi connectivity index (χ1n) is 17.0. The van der Waals surface area contributed by atoms with Crippen LogP contribution >= 0.6 is 0 Å². The van der Waals surface area contributed by atoms with Crippen molar-refractivity contribution in [2.24, 2.45) is 10.7 Å². The molecule has 0 radical (unpaired) electrons. The molecule has 1 amide bonds. The van der Waals surface area contributed by atoms with E-state index in [1.165, 1.54) is 6.92 Å². The Bertz CT molecular complexity index is 1990. The molecule has 2 N–H and O–H groups in total. The molecule has 1 fully saturated rings. The van der Waals surface area contributed by atoms with Gasteiger partial charge in [-0.15, -0.1) is 0 Å². The smallest absolute Gasteiger partial charge is 0.435 e. The summed E-state index contributed by atoms with van der Waals surface area (Å²) in [5, 5.41) is 0.604. The molecule has 1 saturated heterocycles. The number of carbonyl (C=O) groups is 5. The molecule has 1 aromatic heterocycles. The van der Waals surface area contributed by atoms with Crippen molar-refractivity contribution >= 4 is 46.8 Å². The van der Waals surface area contributed by atoms with Crippen LogP contribution in [-0.2, 0) is 67.0 Å². The van der Waals surface area contributed by atoms with Gasteiger partial charge in [0.15, 0.2) is 12.2 Å². The molecule has 284 valence electrons. The number of ether oxygens (including phenoxy) is 7. The molecule has 15 heteroatoms. The van der Waals surface area contributed by atoms with Crippen LogP contribution in [0.4, 0.5) is 4.79 Å². The van der Waals surface area contributed by atoms with Gasteiger partial charge < -0.3 is 43.3 Å². The normalized spacial score (nSPS) is 19.7. The Labute approximate surface area is 310 Å². The maximum Gasteiger partial charge on any atom is 0.435 e. The minimum Gasteiger partial charge on any atom is -0.464 e. The van der Waals surface area contributed by atoms with Gasteiger partial charge in [0.2, 0.25) is 12.4 Å². The van der Waals surface area contributed by atoms with Gasteiger partial charge in [0.05, 0.1) is 11.6 Å². The van der Waals surface area contributed by atoms with Crippen LogP contribution < -0.4 is 10.5 Å². The van der Waals surface area contributed by atoms with Gasteiger partial charge in [-0.25, -0.2) is 4.79 Å². The average Bonchev–Trinajstić information content (AvgIpc) is 3.55. The number of rotatable bonds is 13. The van der Waals surface area contributed by atoms with E-state index in [1.807, 2.05) is 42.5 Å². The number of hydrogen-bond acceptors (Lipinski definition) is 13. The molecular weight excluding hydrogens is 704 g/mol. The monoisotopic (exact) mass is 744 g/mol. The number of amides is 1. The summed E-state index contributed by atoms with van der Waals surface area (Å²) in [6, 6.07) is 21.6. The van der Waals surface area contributed by atoms with Crippen LogP contribution in [0, 0.1) is 0 Å². The number of benzene rings is 3. The van der Waals surface area contributed by atoms with Crippen LogP contribution in [0.1, 0.15) is 49.9 Å². The van der Waals surface area contributed by atoms with Crippen molar-refractivity contribution in [2.45, 2.75) is 77.8 Å². The van der Waals surface area contributed by atoms with Gasteiger partial charge >= 0.3 is 30.0 Å². The fraction of sp³-hybridized carbons (Fsp3) is 0.333. The number of fused-ring (bicyclic) bond motifs is 1. The molecule has 54 heavy (non-hydrogen) atoms. The van der Waals surface area contributed by atoms with E-state index in [0.29, 0.717) is 29.4 Å². The van der Waals surface area contributed by atoms with Gasteiger partial charge in [0.1, 0.15) is 36.5 Å². The Kier molecular flexibility index (Phi) is 13.0. The van der Waals surface area contributed by atoms with E-state index >= 15 is 0 Å². The van der Waals surface area contributed by atoms with Gasteiger partial charge in [-0.1, -0.05) is 60.7 Å². The van der Waals surface area contributed by atoms with Crippen molar-refractivity contribution in [3.05, 3.63) is 101 Å². The number of hydrogen-bond donors (Lipinski definition) is 1. The summed E-state index contributed by atoms with van der Waals surface area (Å²) in [6.45, 7) is 4.30. The predicted octanol–water partition coefficient (Wildman–Crippen LogP) is 4.72. The largest absolute Gasteiger partial charge is 0.464 e. The summed E-state index contributed by atoms with van der Waals surface area (Å²) in [5.74, 6) is -2.58. The molecule has 0 aliphatic carbocycles. The molecule has 15 nitrogen and oxygen atoms in total. The SMILES string of the molecule is CC(=O)OC[C@H]1O[C@@H](Oc2cccc3occ(CCc4ccc(C(N)=NC(=O)OCc5ccccc5)cc4)c23)[C@H](OC(C)=O)[C@@H](OC(C)=O)[C@@H]1OC(C)=O. The lowest BCUT2D eigenvalue weighted by atomic mass is 9.98. The maximum atomic E-state index is 12.3. The number of aliphatic imine (C=N–C) groups is 1. The Hall–Kier alpha value is -6.22. The van der Waals surface area contributed by atoms with E-state index < -0.39 is 67.3 Å². The molecule has 3 aromatic carbocycles. The molecule has 0 unspecified atom stereocenters. The van der Waals surface area contributed by atoms with E-state index in [4.69, 9.17) is 43.3 Å². The number of nitrogens with two attached hydrogens (primary N) is 1. The van der Waals surface area contributed by atoms with Crippen molar-refractivity contribution < 1.29 is 61.5 Å². The van der Waals surface area contributed by atoms with Gasteiger partial charge in [0, 0.05) is 38.8 Å². The second-order valence-electron chi connectivity index (χ2n) is 12.3. The van der Waals surface area contributed by atoms with Crippen LogP contribution in [0.2, 0.25) is 0 Å². The summed E-state index contributed by atoms with van der Waals surface area (Å²) < 4.78 is 45.2. The van der Waals surface area contributed by atoms with E-state index in [1.54, 1.807) is 36.6 Å². The fourth-order valence-corrected chi connectivity index (χ4v) is 5.85. The second-order valence-corrected chi connectivity index (χ2v) is 12.3. The minimum absolute atomic E-state index is 0.0180. The highest BCUT2D eigenvalue weighted by Gasteiger charge is 2.53. The summed E-state index contributed by atoms with van der Waals surface area (Å²) in [4.78, 5) is 64.4. The average molecular weight is 745 g/mol. The molecule has 1 aliphatic heterocycles. The number of furan rings is 1. The Morgan fingerprint density at radius 1 is 0.704 bits per heavy atom. The molecule has 0 spiro atoms.